The molecule has 23 heavy (non-hydrogen) atoms. The minimum atomic E-state index is -0.378. The van der Waals surface area contributed by atoms with Gasteiger partial charge in [0.15, 0.2) is 34.6 Å². The van der Waals surface area contributed by atoms with Gasteiger partial charge < -0.3 is 20.4 Å². The molecule has 0 atom stereocenters. The number of ketones is 2. The highest BCUT2D eigenvalue weighted by molar-refractivity contribution is 8.00. The van der Waals surface area contributed by atoms with Gasteiger partial charge in [0.1, 0.15) is 0 Å². The van der Waals surface area contributed by atoms with Gasteiger partial charge in [-0.25, -0.2) is 0 Å². The molecule has 0 saturated heterocycles. The van der Waals surface area contributed by atoms with Gasteiger partial charge in [0.2, 0.25) is 0 Å². The minimum Gasteiger partial charge on any atom is -0.504 e. The lowest BCUT2D eigenvalue weighted by Gasteiger charge is -2.04. The summed E-state index contributed by atoms with van der Waals surface area (Å²) in [5.74, 6) is -1.89. The second-order valence-electron chi connectivity index (χ2n) is 4.75. The summed E-state index contributed by atoms with van der Waals surface area (Å²) in [6.07, 6.45) is 0. The first-order valence-corrected chi connectivity index (χ1v) is 7.72. The molecule has 2 rings (SSSR count). The Morgan fingerprint density at radius 3 is 1.43 bits per heavy atom. The molecule has 0 radical (unpaired) electrons. The number of phenols is 4. The van der Waals surface area contributed by atoms with Crippen LogP contribution in [0.4, 0.5) is 0 Å². The first-order chi connectivity index (χ1) is 10.9. The first-order valence-electron chi connectivity index (χ1n) is 6.56. The summed E-state index contributed by atoms with van der Waals surface area (Å²) < 4.78 is 0. The number of Topliss-reactive ketones (excluding diaryl/α,β-unsaturated/α-hetero) is 2. The van der Waals surface area contributed by atoms with E-state index in [4.69, 9.17) is 0 Å². The topological polar surface area (TPSA) is 115 Å². The van der Waals surface area contributed by atoms with Crippen molar-refractivity contribution in [3.05, 3.63) is 47.5 Å². The molecule has 0 amide bonds. The van der Waals surface area contributed by atoms with E-state index in [0.717, 1.165) is 23.9 Å². The van der Waals surface area contributed by atoms with Crippen LogP contribution >= 0.6 is 11.8 Å². The number of carbonyl (C=O) groups excluding carboxylic acids is 2. The predicted molar refractivity (Wildman–Crippen MR) is 85.5 cm³/mol. The third kappa shape index (κ3) is 4.17. The van der Waals surface area contributed by atoms with Crippen molar-refractivity contribution in [2.45, 2.75) is 0 Å². The standard InChI is InChI=1S/C16H14O6S/c17-11-3-1-9(5-13(11)19)15(21)7-23-8-16(22)10-2-4-12(18)14(20)6-10/h1-6,17-20H,7-8H2. The predicted octanol–water partition coefficient (Wildman–Crippen LogP) is 2.31. The van der Waals surface area contributed by atoms with Gasteiger partial charge in [0.05, 0.1) is 11.5 Å². The zero-order valence-corrected chi connectivity index (χ0v) is 12.7. The first kappa shape index (κ1) is 16.7. The van der Waals surface area contributed by atoms with Crippen molar-refractivity contribution in [2.24, 2.45) is 0 Å². The number of hydrogen-bond acceptors (Lipinski definition) is 7. The third-order valence-corrected chi connectivity index (χ3v) is 3.99. The van der Waals surface area contributed by atoms with Crippen LogP contribution < -0.4 is 0 Å². The molecule has 0 spiro atoms. The number of carbonyl (C=O) groups is 2. The Morgan fingerprint density at radius 2 is 1.09 bits per heavy atom. The summed E-state index contributed by atoms with van der Waals surface area (Å²) >= 11 is 1.09. The molecule has 0 unspecified atom stereocenters. The number of thioether (sulfide) groups is 1. The van der Waals surface area contributed by atoms with Crippen LogP contribution in [0, 0.1) is 0 Å². The third-order valence-electron chi connectivity index (χ3n) is 3.06. The summed E-state index contributed by atoms with van der Waals surface area (Å²) in [7, 11) is 0. The zero-order chi connectivity index (χ0) is 17.0. The van der Waals surface area contributed by atoms with Crippen molar-refractivity contribution < 1.29 is 30.0 Å². The average molecular weight is 334 g/mol. The van der Waals surface area contributed by atoms with Crippen LogP contribution in [-0.4, -0.2) is 43.5 Å². The van der Waals surface area contributed by atoms with Crippen molar-refractivity contribution >= 4 is 23.3 Å². The van der Waals surface area contributed by atoms with Gasteiger partial charge in [-0.05, 0) is 36.4 Å². The van der Waals surface area contributed by atoms with E-state index < -0.39 is 0 Å². The summed E-state index contributed by atoms with van der Waals surface area (Å²) in [6.45, 7) is 0. The summed E-state index contributed by atoms with van der Waals surface area (Å²) in [5, 5.41) is 37.1. The highest BCUT2D eigenvalue weighted by Crippen LogP contribution is 2.27. The summed E-state index contributed by atoms with van der Waals surface area (Å²) in [6, 6.07) is 7.54. The number of hydrogen-bond donors (Lipinski definition) is 4. The highest BCUT2D eigenvalue weighted by atomic mass is 32.2. The number of aromatic hydroxyl groups is 4. The van der Waals surface area contributed by atoms with E-state index in [1.807, 2.05) is 0 Å². The van der Waals surface area contributed by atoms with E-state index in [2.05, 4.69) is 0 Å². The fraction of sp³-hybridized carbons (Fsp3) is 0.125. The van der Waals surface area contributed by atoms with Crippen LogP contribution in [0.15, 0.2) is 36.4 Å². The van der Waals surface area contributed by atoms with Gasteiger partial charge in [0.25, 0.3) is 0 Å². The Morgan fingerprint density at radius 1 is 0.696 bits per heavy atom. The molecule has 6 nitrogen and oxygen atoms in total. The number of rotatable bonds is 6. The molecule has 0 aromatic heterocycles. The van der Waals surface area contributed by atoms with E-state index in [9.17, 15) is 30.0 Å². The van der Waals surface area contributed by atoms with Crippen LogP contribution in [0.5, 0.6) is 23.0 Å². The Labute approximate surface area is 136 Å². The Bertz CT molecular complexity index is 693. The molecule has 4 N–H and O–H groups in total. The van der Waals surface area contributed by atoms with Gasteiger partial charge in [-0.3, -0.25) is 9.59 Å². The maximum absolute atomic E-state index is 11.9. The lowest BCUT2D eigenvalue weighted by Crippen LogP contribution is -2.07. The monoisotopic (exact) mass is 334 g/mol. The van der Waals surface area contributed by atoms with E-state index in [0.29, 0.717) is 0 Å². The molecule has 7 heteroatoms. The molecule has 0 bridgehead atoms. The second-order valence-corrected chi connectivity index (χ2v) is 5.73. The van der Waals surface area contributed by atoms with Gasteiger partial charge in [0, 0.05) is 11.1 Å². The molecular formula is C16H14O6S. The van der Waals surface area contributed by atoms with Gasteiger partial charge in [-0.1, -0.05) is 0 Å². The molecule has 120 valence electrons. The van der Waals surface area contributed by atoms with Crippen LogP contribution in [0.2, 0.25) is 0 Å². The number of benzene rings is 2. The van der Waals surface area contributed by atoms with E-state index in [-0.39, 0.29) is 57.2 Å². The Hall–Kier alpha value is -2.67. The average Bonchev–Trinajstić information content (AvgIpc) is 2.52. The SMILES string of the molecule is O=C(CSCC(=O)c1ccc(O)c(O)c1)c1ccc(O)c(O)c1. The molecule has 0 aliphatic carbocycles. The lowest BCUT2D eigenvalue weighted by molar-refractivity contribution is 0.102. The molecule has 0 fully saturated rings. The Kier molecular flexibility index (Phi) is 5.13. The van der Waals surface area contributed by atoms with Gasteiger partial charge in [-0.2, -0.15) is 0 Å². The van der Waals surface area contributed by atoms with Crippen molar-refractivity contribution in [1.82, 2.24) is 0 Å². The van der Waals surface area contributed by atoms with Crippen LogP contribution in [0.25, 0.3) is 0 Å². The molecule has 0 aliphatic rings. The van der Waals surface area contributed by atoms with Crippen LogP contribution in [-0.2, 0) is 0 Å². The summed E-state index contributed by atoms with van der Waals surface area (Å²) in [5.41, 5.74) is 0.477. The maximum atomic E-state index is 11.9. The maximum Gasteiger partial charge on any atom is 0.172 e. The van der Waals surface area contributed by atoms with E-state index in [1.54, 1.807) is 0 Å². The molecule has 0 heterocycles. The second kappa shape index (κ2) is 7.06. The fourth-order valence-electron chi connectivity index (χ4n) is 1.80. The molecular weight excluding hydrogens is 320 g/mol. The normalized spacial score (nSPS) is 10.4. The zero-order valence-electron chi connectivity index (χ0n) is 11.9. The highest BCUT2D eigenvalue weighted by Gasteiger charge is 2.12. The number of phenolic OH excluding ortho intramolecular Hbond substituents is 4. The lowest BCUT2D eigenvalue weighted by atomic mass is 10.1. The summed E-state index contributed by atoms with van der Waals surface area (Å²) in [4.78, 5) is 23.9. The van der Waals surface area contributed by atoms with Crippen LogP contribution in [0.3, 0.4) is 0 Å². The fourth-order valence-corrected chi connectivity index (χ4v) is 2.60. The molecule has 2 aromatic carbocycles. The van der Waals surface area contributed by atoms with E-state index in [1.165, 1.54) is 24.3 Å². The molecule has 2 aromatic rings. The van der Waals surface area contributed by atoms with Gasteiger partial charge in [-0.15, -0.1) is 11.8 Å². The Balaban J connectivity index is 1.91. The molecule has 0 aliphatic heterocycles. The smallest absolute Gasteiger partial charge is 0.172 e. The molecule has 0 saturated carbocycles. The van der Waals surface area contributed by atoms with Crippen molar-refractivity contribution in [2.75, 3.05) is 11.5 Å². The largest absolute Gasteiger partial charge is 0.504 e. The quantitative estimate of drug-likeness (QED) is 0.473. The minimum absolute atomic E-state index is 0.0278. The van der Waals surface area contributed by atoms with Crippen molar-refractivity contribution in [1.29, 1.82) is 0 Å². The van der Waals surface area contributed by atoms with Crippen LogP contribution in [0.1, 0.15) is 20.7 Å². The van der Waals surface area contributed by atoms with Gasteiger partial charge >= 0.3 is 0 Å². The van der Waals surface area contributed by atoms with Crippen molar-refractivity contribution in [3.8, 4) is 23.0 Å². The van der Waals surface area contributed by atoms with E-state index >= 15 is 0 Å². The van der Waals surface area contributed by atoms with Crippen molar-refractivity contribution in [3.63, 3.8) is 0 Å².